The number of carbonyl (C=O) groups excluding carboxylic acids is 1. The summed E-state index contributed by atoms with van der Waals surface area (Å²) in [5, 5.41) is 11.3. The van der Waals surface area contributed by atoms with Crippen LogP contribution in [0.4, 0.5) is 15.2 Å². The van der Waals surface area contributed by atoms with E-state index in [9.17, 15) is 9.18 Å². The van der Waals surface area contributed by atoms with Crippen LogP contribution in [0.3, 0.4) is 0 Å². The van der Waals surface area contributed by atoms with Crippen LogP contribution in [0.5, 0.6) is 0 Å². The van der Waals surface area contributed by atoms with E-state index in [0.29, 0.717) is 33.6 Å². The van der Waals surface area contributed by atoms with Crippen LogP contribution < -0.4 is 10.6 Å². The highest BCUT2D eigenvalue weighted by Crippen LogP contribution is 2.33. The van der Waals surface area contributed by atoms with E-state index in [1.54, 1.807) is 35.1 Å². The maximum Gasteiger partial charge on any atom is 0.341 e. The van der Waals surface area contributed by atoms with Gasteiger partial charge >= 0.3 is 5.97 Å². The van der Waals surface area contributed by atoms with E-state index < -0.39 is 5.97 Å². The molecule has 6 nitrogen and oxygen atoms in total. The van der Waals surface area contributed by atoms with Gasteiger partial charge in [-0.2, -0.15) is 5.10 Å². The van der Waals surface area contributed by atoms with Crippen LogP contribution in [0.1, 0.15) is 26.4 Å². The van der Waals surface area contributed by atoms with E-state index in [2.05, 4.69) is 15.7 Å². The third-order valence-electron chi connectivity index (χ3n) is 4.17. The molecule has 0 unspecified atom stereocenters. The van der Waals surface area contributed by atoms with Crippen molar-refractivity contribution < 1.29 is 13.9 Å². The Morgan fingerprint density at radius 2 is 2.04 bits per heavy atom. The lowest BCUT2D eigenvalue weighted by Gasteiger charge is -2.09. The van der Waals surface area contributed by atoms with Crippen molar-refractivity contribution in [2.45, 2.75) is 20.4 Å². The number of carbonyl (C=O) groups is 1. The van der Waals surface area contributed by atoms with Crippen LogP contribution >= 0.6 is 23.6 Å². The Bertz CT molecular complexity index is 1030. The van der Waals surface area contributed by atoms with Crippen molar-refractivity contribution in [1.82, 2.24) is 9.78 Å². The Kier molecular flexibility index (Phi) is 6.05. The molecule has 0 aliphatic carbocycles. The van der Waals surface area contributed by atoms with Crippen molar-refractivity contribution in [2.24, 2.45) is 0 Å². The molecule has 0 atom stereocenters. The number of nitrogens with zero attached hydrogens (tertiary/aromatic N) is 2. The van der Waals surface area contributed by atoms with E-state index in [4.69, 9.17) is 17.0 Å². The number of aromatic nitrogens is 2. The average Bonchev–Trinajstić information content (AvgIpc) is 3.20. The normalized spacial score (nSPS) is 10.6. The van der Waals surface area contributed by atoms with E-state index in [0.717, 1.165) is 10.4 Å². The van der Waals surface area contributed by atoms with Crippen molar-refractivity contribution in [1.29, 1.82) is 0 Å². The predicted molar refractivity (Wildman–Crippen MR) is 113 cm³/mol. The lowest BCUT2D eigenvalue weighted by molar-refractivity contribution is 0.0601. The van der Waals surface area contributed by atoms with Gasteiger partial charge in [-0.1, -0.05) is 18.2 Å². The second-order valence-electron chi connectivity index (χ2n) is 6.05. The van der Waals surface area contributed by atoms with Gasteiger partial charge in [0.2, 0.25) is 0 Å². The van der Waals surface area contributed by atoms with Crippen LogP contribution in [-0.4, -0.2) is 28.0 Å². The molecular formula is C19H19FN4O2S2. The van der Waals surface area contributed by atoms with Gasteiger partial charge in [0.15, 0.2) is 10.9 Å². The van der Waals surface area contributed by atoms with E-state index in [-0.39, 0.29) is 5.82 Å². The van der Waals surface area contributed by atoms with Gasteiger partial charge in [-0.15, -0.1) is 11.3 Å². The number of hydrogen-bond acceptors (Lipinski definition) is 5. The minimum Gasteiger partial charge on any atom is -0.465 e. The van der Waals surface area contributed by atoms with E-state index >= 15 is 0 Å². The second-order valence-corrected chi connectivity index (χ2v) is 7.68. The largest absolute Gasteiger partial charge is 0.465 e. The van der Waals surface area contributed by atoms with Gasteiger partial charge in [0, 0.05) is 22.7 Å². The third kappa shape index (κ3) is 4.37. The molecule has 0 aliphatic rings. The standard InChI is InChI=1S/C19H19FN4O2S2/c1-11-12(2)28-17(16(11)18(25)26-3)22-19(27)21-15-8-9-24(23-15)10-13-6-4-5-7-14(13)20/h4-9H,10H2,1-3H3,(H2,21,22,23,27). The third-order valence-corrected chi connectivity index (χ3v) is 5.50. The highest BCUT2D eigenvalue weighted by Gasteiger charge is 2.21. The first-order valence-electron chi connectivity index (χ1n) is 8.42. The molecule has 0 bridgehead atoms. The van der Waals surface area contributed by atoms with E-state index in [1.165, 1.54) is 24.5 Å². The van der Waals surface area contributed by atoms with Gasteiger partial charge in [0.25, 0.3) is 0 Å². The summed E-state index contributed by atoms with van der Waals surface area (Å²) in [4.78, 5) is 13.0. The first-order valence-corrected chi connectivity index (χ1v) is 9.64. The van der Waals surface area contributed by atoms with Crippen molar-refractivity contribution in [3.05, 3.63) is 63.9 Å². The van der Waals surface area contributed by atoms with Crippen LogP contribution in [-0.2, 0) is 11.3 Å². The molecule has 0 amide bonds. The minimum atomic E-state index is -0.415. The Morgan fingerprint density at radius 1 is 1.29 bits per heavy atom. The number of hydrogen-bond donors (Lipinski definition) is 2. The first-order chi connectivity index (χ1) is 13.4. The number of nitrogens with one attached hydrogen (secondary N) is 2. The number of thiophene rings is 1. The fraction of sp³-hybridized carbons (Fsp3) is 0.211. The summed E-state index contributed by atoms with van der Waals surface area (Å²) in [5.74, 6) is -0.178. The Morgan fingerprint density at radius 3 is 2.75 bits per heavy atom. The molecule has 2 heterocycles. The zero-order chi connectivity index (χ0) is 20.3. The number of rotatable bonds is 5. The number of esters is 1. The summed E-state index contributed by atoms with van der Waals surface area (Å²) in [5.41, 5.74) is 1.88. The topological polar surface area (TPSA) is 68.2 Å². The molecule has 0 aliphatic heterocycles. The number of benzene rings is 1. The maximum absolute atomic E-state index is 13.8. The van der Waals surface area contributed by atoms with Gasteiger partial charge in [0.1, 0.15) is 10.8 Å². The summed E-state index contributed by atoms with van der Waals surface area (Å²) in [6, 6.07) is 8.30. The number of thiocarbonyl (C=S) groups is 1. The minimum absolute atomic E-state index is 0.275. The molecule has 0 saturated heterocycles. The van der Waals surface area contributed by atoms with Gasteiger partial charge in [-0.05, 0) is 37.7 Å². The molecule has 3 aromatic rings. The molecule has 28 heavy (non-hydrogen) atoms. The summed E-state index contributed by atoms with van der Waals surface area (Å²) in [6.45, 7) is 4.10. The SMILES string of the molecule is COC(=O)c1c(NC(=S)Nc2ccn(Cc3ccccc3F)n2)sc(C)c1C. The summed E-state index contributed by atoms with van der Waals surface area (Å²) < 4.78 is 20.2. The molecule has 0 saturated carbocycles. The first kappa shape index (κ1) is 20.0. The predicted octanol–water partition coefficient (Wildman–Crippen LogP) is 4.34. The van der Waals surface area contributed by atoms with Gasteiger partial charge in [0.05, 0.1) is 19.2 Å². The van der Waals surface area contributed by atoms with Crippen LogP contribution in [0.2, 0.25) is 0 Å². The number of halogens is 1. The monoisotopic (exact) mass is 418 g/mol. The molecule has 3 rings (SSSR count). The van der Waals surface area contributed by atoms with Crippen LogP contribution in [0.15, 0.2) is 36.5 Å². The van der Waals surface area contributed by atoms with Crippen LogP contribution in [0, 0.1) is 19.7 Å². The fourth-order valence-corrected chi connectivity index (χ4v) is 3.96. The second kappa shape index (κ2) is 8.49. The van der Waals surface area contributed by atoms with Gasteiger partial charge < -0.3 is 15.4 Å². The fourth-order valence-electron chi connectivity index (χ4n) is 2.63. The summed E-state index contributed by atoms with van der Waals surface area (Å²) in [6.07, 6.45) is 1.73. The molecule has 0 fully saturated rings. The van der Waals surface area contributed by atoms with Crippen LogP contribution in [0.25, 0.3) is 0 Å². The highest BCUT2D eigenvalue weighted by molar-refractivity contribution is 7.80. The molecule has 2 aromatic heterocycles. The molecular weight excluding hydrogens is 399 g/mol. The lowest BCUT2D eigenvalue weighted by atomic mass is 10.1. The Balaban J connectivity index is 1.68. The molecule has 0 spiro atoms. The smallest absolute Gasteiger partial charge is 0.341 e. The number of aryl methyl sites for hydroxylation is 1. The lowest BCUT2D eigenvalue weighted by Crippen LogP contribution is -2.20. The van der Waals surface area contributed by atoms with Crippen molar-refractivity contribution >= 4 is 45.5 Å². The average molecular weight is 419 g/mol. The summed E-state index contributed by atoms with van der Waals surface area (Å²) >= 11 is 6.76. The number of anilines is 2. The summed E-state index contributed by atoms with van der Waals surface area (Å²) in [7, 11) is 1.34. The zero-order valence-corrected chi connectivity index (χ0v) is 17.2. The van der Waals surface area contributed by atoms with Crippen molar-refractivity contribution in [3.8, 4) is 0 Å². The zero-order valence-electron chi connectivity index (χ0n) is 15.6. The quantitative estimate of drug-likeness (QED) is 0.474. The maximum atomic E-state index is 13.8. The molecule has 146 valence electrons. The molecule has 0 radical (unpaired) electrons. The Labute approximate surface area is 171 Å². The molecule has 2 N–H and O–H groups in total. The molecule has 1 aromatic carbocycles. The van der Waals surface area contributed by atoms with Crippen molar-refractivity contribution in [3.63, 3.8) is 0 Å². The van der Waals surface area contributed by atoms with E-state index in [1.807, 2.05) is 13.8 Å². The van der Waals surface area contributed by atoms with Gasteiger partial charge in [-0.3, -0.25) is 4.68 Å². The highest BCUT2D eigenvalue weighted by atomic mass is 32.1. The van der Waals surface area contributed by atoms with Gasteiger partial charge in [-0.25, -0.2) is 9.18 Å². The number of ether oxygens (including phenoxy) is 1. The van der Waals surface area contributed by atoms with Crippen molar-refractivity contribution in [2.75, 3.05) is 17.7 Å². The molecule has 9 heteroatoms. The number of methoxy groups -OCH3 is 1. The Hall–Kier alpha value is -2.78.